The van der Waals surface area contributed by atoms with Crippen molar-refractivity contribution >= 4 is 21.6 Å². The minimum absolute atomic E-state index is 0.651. The molecule has 0 spiro atoms. The molecule has 0 bridgehead atoms. The van der Waals surface area contributed by atoms with Crippen molar-refractivity contribution in [2.75, 3.05) is 0 Å². The lowest BCUT2D eigenvalue weighted by Gasteiger charge is -2.07. The van der Waals surface area contributed by atoms with Crippen LogP contribution in [0.1, 0.15) is 21.8 Å². The maximum Gasteiger partial charge on any atom is 0.231 e. The summed E-state index contributed by atoms with van der Waals surface area (Å²) in [4.78, 5) is 11.2. The fourth-order valence-corrected chi connectivity index (χ4v) is 3.17. The first-order valence-electron chi connectivity index (χ1n) is 6.53. The van der Waals surface area contributed by atoms with E-state index in [-0.39, 0.29) is 0 Å². The van der Waals surface area contributed by atoms with E-state index in [2.05, 4.69) is 30.7 Å². The minimum atomic E-state index is 0.651. The van der Waals surface area contributed by atoms with Gasteiger partial charge in [0.1, 0.15) is 16.4 Å². The van der Waals surface area contributed by atoms with Crippen molar-refractivity contribution in [2.24, 2.45) is 0 Å². The van der Waals surface area contributed by atoms with Gasteiger partial charge in [0.2, 0.25) is 5.88 Å². The Morgan fingerprint density at radius 2 is 1.65 bits per heavy atom. The summed E-state index contributed by atoms with van der Waals surface area (Å²) in [5.41, 5.74) is 2.41. The highest BCUT2D eigenvalue weighted by Crippen LogP contribution is 2.36. The number of rotatable bonds is 2. The van der Waals surface area contributed by atoms with Crippen molar-refractivity contribution in [3.05, 3.63) is 46.1 Å². The summed E-state index contributed by atoms with van der Waals surface area (Å²) < 4.78 is 5.98. The second kappa shape index (κ2) is 4.87. The Kier molecular flexibility index (Phi) is 3.18. The molecule has 102 valence electrons. The monoisotopic (exact) mass is 284 g/mol. The van der Waals surface area contributed by atoms with Gasteiger partial charge in [0.15, 0.2) is 0 Å². The molecule has 2 heterocycles. The number of aromatic nitrogens is 2. The minimum Gasteiger partial charge on any atom is -0.438 e. The molecular formula is C16H16N2OS. The molecule has 3 rings (SSSR count). The van der Waals surface area contributed by atoms with Crippen LogP contribution in [0.3, 0.4) is 0 Å². The number of aryl methyl sites for hydroxylation is 4. The average molecular weight is 284 g/mol. The van der Waals surface area contributed by atoms with Gasteiger partial charge < -0.3 is 4.74 Å². The maximum atomic E-state index is 5.98. The SMILES string of the molecule is Cc1ccc(Oc2nc(C)nc3sc(C)c(C)c23)cc1. The average Bonchev–Trinajstić information content (AvgIpc) is 2.67. The Hall–Kier alpha value is -1.94. The summed E-state index contributed by atoms with van der Waals surface area (Å²) in [5.74, 6) is 2.19. The summed E-state index contributed by atoms with van der Waals surface area (Å²) in [6, 6.07) is 8.00. The summed E-state index contributed by atoms with van der Waals surface area (Å²) in [6.45, 7) is 8.15. The van der Waals surface area contributed by atoms with Gasteiger partial charge in [-0.3, -0.25) is 0 Å². The number of nitrogens with zero attached hydrogens (tertiary/aromatic N) is 2. The zero-order valence-electron chi connectivity index (χ0n) is 12.0. The maximum absolute atomic E-state index is 5.98. The topological polar surface area (TPSA) is 35.0 Å². The Morgan fingerprint density at radius 3 is 2.35 bits per heavy atom. The van der Waals surface area contributed by atoms with E-state index in [1.807, 2.05) is 31.2 Å². The van der Waals surface area contributed by atoms with Gasteiger partial charge in [0, 0.05) is 4.88 Å². The molecule has 2 aromatic heterocycles. The van der Waals surface area contributed by atoms with Crippen LogP contribution in [0.5, 0.6) is 11.6 Å². The number of fused-ring (bicyclic) bond motifs is 1. The van der Waals surface area contributed by atoms with Crippen molar-refractivity contribution in [1.82, 2.24) is 9.97 Å². The van der Waals surface area contributed by atoms with E-state index in [0.717, 1.165) is 21.8 Å². The molecule has 0 saturated heterocycles. The van der Waals surface area contributed by atoms with E-state index in [9.17, 15) is 0 Å². The second-order valence-electron chi connectivity index (χ2n) is 4.95. The fourth-order valence-electron chi connectivity index (χ4n) is 2.11. The Morgan fingerprint density at radius 1 is 0.950 bits per heavy atom. The van der Waals surface area contributed by atoms with Crippen molar-refractivity contribution in [3.63, 3.8) is 0 Å². The van der Waals surface area contributed by atoms with Crippen molar-refractivity contribution in [3.8, 4) is 11.6 Å². The van der Waals surface area contributed by atoms with E-state index in [4.69, 9.17) is 4.74 Å². The first kappa shape index (κ1) is 13.1. The van der Waals surface area contributed by atoms with Crippen LogP contribution in [0.25, 0.3) is 10.2 Å². The van der Waals surface area contributed by atoms with Crippen LogP contribution >= 0.6 is 11.3 Å². The molecule has 4 heteroatoms. The highest BCUT2D eigenvalue weighted by molar-refractivity contribution is 7.18. The number of benzene rings is 1. The zero-order chi connectivity index (χ0) is 14.3. The molecular weight excluding hydrogens is 268 g/mol. The first-order valence-corrected chi connectivity index (χ1v) is 7.35. The highest BCUT2D eigenvalue weighted by atomic mass is 32.1. The molecule has 0 N–H and O–H groups in total. The van der Waals surface area contributed by atoms with Crippen LogP contribution in [0.2, 0.25) is 0 Å². The molecule has 3 aromatic rings. The summed E-state index contributed by atoms with van der Waals surface area (Å²) in [7, 11) is 0. The second-order valence-corrected chi connectivity index (χ2v) is 6.16. The normalized spacial score (nSPS) is 11.0. The van der Waals surface area contributed by atoms with E-state index < -0.39 is 0 Å². The molecule has 3 nitrogen and oxygen atoms in total. The highest BCUT2D eigenvalue weighted by Gasteiger charge is 2.15. The quantitative estimate of drug-likeness (QED) is 0.683. The van der Waals surface area contributed by atoms with Gasteiger partial charge in [-0.05, 0) is 45.4 Å². The smallest absolute Gasteiger partial charge is 0.231 e. The van der Waals surface area contributed by atoms with Gasteiger partial charge in [-0.15, -0.1) is 11.3 Å². The van der Waals surface area contributed by atoms with Gasteiger partial charge in [0.25, 0.3) is 0 Å². The molecule has 20 heavy (non-hydrogen) atoms. The number of hydrogen-bond donors (Lipinski definition) is 0. The predicted molar refractivity (Wildman–Crippen MR) is 82.9 cm³/mol. The van der Waals surface area contributed by atoms with Crippen LogP contribution < -0.4 is 4.74 Å². The predicted octanol–water partition coefficient (Wildman–Crippen LogP) is 4.72. The third-order valence-electron chi connectivity index (χ3n) is 3.34. The van der Waals surface area contributed by atoms with Crippen LogP contribution in [0, 0.1) is 27.7 Å². The molecule has 0 radical (unpaired) electrons. The lowest BCUT2D eigenvalue weighted by atomic mass is 10.2. The van der Waals surface area contributed by atoms with Gasteiger partial charge >= 0.3 is 0 Å². The van der Waals surface area contributed by atoms with Crippen LogP contribution in [0.4, 0.5) is 0 Å². The molecule has 0 unspecified atom stereocenters. The van der Waals surface area contributed by atoms with Crippen LogP contribution in [0.15, 0.2) is 24.3 Å². The summed E-state index contributed by atoms with van der Waals surface area (Å²) >= 11 is 1.69. The Balaban J connectivity index is 2.12. The third kappa shape index (κ3) is 2.27. The largest absolute Gasteiger partial charge is 0.438 e. The van der Waals surface area contributed by atoms with Gasteiger partial charge in [-0.1, -0.05) is 17.7 Å². The van der Waals surface area contributed by atoms with Gasteiger partial charge in [0.05, 0.1) is 5.39 Å². The lowest BCUT2D eigenvalue weighted by Crippen LogP contribution is -1.94. The van der Waals surface area contributed by atoms with E-state index in [0.29, 0.717) is 5.88 Å². The Bertz CT molecular complexity index is 775. The number of thiophene rings is 1. The fraction of sp³-hybridized carbons (Fsp3) is 0.250. The summed E-state index contributed by atoms with van der Waals surface area (Å²) in [5, 5.41) is 1.03. The van der Waals surface area contributed by atoms with E-state index in [1.165, 1.54) is 16.0 Å². The Labute approximate surface area is 122 Å². The number of ether oxygens (including phenoxy) is 1. The zero-order valence-corrected chi connectivity index (χ0v) is 12.8. The van der Waals surface area contributed by atoms with E-state index in [1.54, 1.807) is 11.3 Å². The molecule has 0 atom stereocenters. The van der Waals surface area contributed by atoms with Crippen molar-refractivity contribution in [2.45, 2.75) is 27.7 Å². The molecule has 1 aromatic carbocycles. The third-order valence-corrected chi connectivity index (χ3v) is 4.44. The number of hydrogen-bond acceptors (Lipinski definition) is 4. The van der Waals surface area contributed by atoms with E-state index >= 15 is 0 Å². The molecule has 0 fully saturated rings. The van der Waals surface area contributed by atoms with Gasteiger partial charge in [-0.2, -0.15) is 4.98 Å². The summed E-state index contributed by atoms with van der Waals surface area (Å²) in [6.07, 6.45) is 0. The molecule has 0 aliphatic heterocycles. The lowest BCUT2D eigenvalue weighted by molar-refractivity contribution is 0.466. The van der Waals surface area contributed by atoms with Crippen molar-refractivity contribution in [1.29, 1.82) is 0 Å². The molecule has 0 amide bonds. The van der Waals surface area contributed by atoms with Crippen LogP contribution in [-0.4, -0.2) is 9.97 Å². The van der Waals surface area contributed by atoms with Crippen LogP contribution in [-0.2, 0) is 0 Å². The van der Waals surface area contributed by atoms with Crippen molar-refractivity contribution < 1.29 is 4.74 Å². The first-order chi connectivity index (χ1) is 9.54. The van der Waals surface area contributed by atoms with Gasteiger partial charge in [-0.25, -0.2) is 4.98 Å². The molecule has 0 saturated carbocycles. The molecule has 0 aliphatic rings. The standard InChI is InChI=1S/C16H16N2OS/c1-9-5-7-13(8-6-9)19-15-14-10(2)11(3)20-16(14)18-12(4)17-15/h5-8H,1-4H3. The molecule has 0 aliphatic carbocycles.